The zero-order valence-electron chi connectivity index (χ0n) is 16.4. The number of thiazole rings is 1. The normalized spacial score (nSPS) is 11.0. The summed E-state index contributed by atoms with van der Waals surface area (Å²) in [5.41, 5.74) is 3.86. The van der Waals surface area contributed by atoms with Crippen molar-refractivity contribution < 1.29 is 9.47 Å². The van der Waals surface area contributed by atoms with Crippen molar-refractivity contribution in [2.75, 3.05) is 18.6 Å². The van der Waals surface area contributed by atoms with Gasteiger partial charge in [0.15, 0.2) is 11.5 Å². The minimum Gasteiger partial charge on any atom is -0.490 e. The number of hydrogen-bond donors (Lipinski definition) is 1. The van der Waals surface area contributed by atoms with Crippen LogP contribution in [0.25, 0.3) is 0 Å². The molecule has 0 saturated carbocycles. The van der Waals surface area contributed by atoms with Crippen LogP contribution in [-0.2, 0) is 0 Å². The summed E-state index contributed by atoms with van der Waals surface area (Å²) in [7, 11) is 0. The van der Waals surface area contributed by atoms with Gasteiger partial charge in [0.1, 0.15) is 0 Å². The molecule has 0 aliphatic carbocycles. The quantitative estimate of drug-likeness (QED) is 0.240. The highest BCUT2D eigenvalue weighted by atomic mass is 32.1. The number of rotatable bonds is 14. The summed E-state index contributed by atoms with van der Waals surface area (Å²) in [6.07, 6.45) is 12.4. The third kappa shape index (κ3) is 8.43. The van der Waals surface area contributed by atoms with E-state index in [1.807, 2.05) is 30.5 Å². The molecule has 0 fully saturated rings. The number of ether oxygens (including phenoxy) is 2. The number of hydrazone groups is 1. The van der Waals surface area contributed by atoms with E-state index in [0.717, 1.165) is 35.2 Å². The highest BCUT2D eigenvalue weighted by Gasteiger charge is 2.06. The fourth-order valence-corrected chi connectivity index (χ4v) is 3.15. The third-order valence-corrected chi connectivity index (χ3v) is 4.76. The Balaban J connectivity index is 1.78. The summed E-state index contributed by atoms with van der Waals surface area (Å²) >= 11 is 1.51. The molecular weight excluding hydrogens is 358 g/mol. The Morgan fingerprint density at radius 2 is 1.85 bits per heavy atom. The van der Waals surface area contributed by atoms with Crippen LogP contribution in [0.3, 0.4) is 0 Å². The summed E-state index contributed by atoms with van der Waals surface area (Å²) in [5.74, 6) is 1.56. The van der Waals surface area contributed by atoms with Crippen LogP contribution in [0.4, 0.5) is 5.13 Å². The van der Waals surface area contributed by atoms with Gasteiger partial charge in [0.05, 0.1) is 19.4 Å². The maximum Gasteiger partial charge on any atom is 0.203 e. The van der Waals surface area contributed by atoms with Gasteiger partial charge >= 0.3 is 0 Å². The standard InChI is InChI=1S/C21H31N3O2S/c1-3-5-6-7-8-9-10-14-26-19-12-11-18(16-20(19)25-4-2)17-23-24-21-22-13-15-27-21/h11-13,15-17H,3-10,14H2,1-2H3,(H,22,24)/b23-17-. The highest BCUT2D eigenvalue weighted by Crippen LogP contribution is 2.28. The van der Waals surface area contributed by atoms with E-state index in [1.165, 1.54) is 49.9 Å². The van der Waals surface area contributed by atoms with Crippen LogP contribution in [0.5, 0.6) is 11.5 Å². The molecule has 1 aromatic carbocycles. The maximum atomic E-state index is 5.94. The van der Waals surface area contributed by atoms with Gasteiger partial charge in [-0.3, -0.25) is 5.43 Å². The number of hydrogen-bond acceptors (Lipinski definition) is 6. The Labute approximate surface area is 166 Å². The molecule has 0 spiro atoms. The molecule has 27 heavy (non-hydrogen) atoms. The molecule has 1 heterocycles. The Morgan fingerprint density at radius 3 is 2.59 bits per heavy atom. The molecule has 1 N–H and O–H groups in total. The fourth-order valence-electron chi connectivity index (χ4n) is 2.67. The Kier molecular flexibility index (Phi) is 10.3. The van der Waals surface area contributed by atoms with Gasteiger partial charge in [-0.15, -0.1) is 11.3 Å². The van der Waals surface area contributed by atoms with E-state index < -0.39 is 0 Å². The third-order valence-electron chi connectivity index (χ3n) is 4.08. The van der Waals surface area contributed by atoms with E-state index in [-0.39, 0.29) is 0 Å². The topological polar surface area (TPSA) is 55.7 Å². The largest absolute Gasteiger partial charge is 0.490 e. The van der Waals surface area contributed by atoms with Crippen LogP contribution >= 0.6 is 11.3 Å². The lowest BCUT2D eigenvalue weighted by molar-refractivity contribution is 0.270. The van der Waals surface area contributed by atoms with Crippen molar-refractivity contribution in [2.45, 2.75) is 58.8 Å². The molecule has 2 rings (SSSR count). The molecule has 148 valence electrons. The molecule has 2 aromatic rings. The average Bonchev–Trinajstić information content (AvgIpc) is 3.19. The molecule has 5 nitrogen and oxygen atoms in total. The number of unbranched alkanes of at least 4 members (excludes halogenated alkanes) is 6. The zero-order valence-corrected chi connectivity index (χ0v) is 17.3. The molecule has 1 aromatic heterocycles. The highest BCUT2D eigenvalue weighted by molar-refractivity contribution is 7.13. The Bertz CT molecular complexity index is 659. The van der Waals surface area contributed by atoms with Gasteiger partial charge in [-0.1, -0.05) is 45.4 Å². The lowest BCUT2D eigenvalue weighted by atomic mass is 10.1. The van der Waals surface area contributed by atoms with Gasteiger partial charge in [-0.2, -0.15) is 5.10 Å². The Hall–Kier alpha value is -2.08. The minimum atomic E-state index is 0.603. The lowest BCUT2D eigenvalue weighted by Gasteiger charge is -2.12. The second-order valence-corrected chi connectivity index (χ2v) is 7.21. The van der Waals surface area contributed by atoms with Crippen molar-refractivity contribution in [3.8, 4) is 11.5 Å². The smallest absolute Gasteiger partial charge is 0.203 e. The van der Waals surface area contributed by atoms with E-state index in [1.54, 1.807) is 12.4 Å². The molecule has 6 heteroatoms. The summed E-state index contributed by atoms with van der Waals surface area (Å²) in [5, 5.41) is 6.88. The molecule has 0 aliphatic heterocycles. The summed E-state index contributed by atoms with van der Waals surface area (Å²) in [6, 6.07) is 5.89. The van der Waals surface area contributed by atoms with Crippen molar-refractivity contribution in [2.24, 2.45) is 5.10 Å². The molecular formula is C21H31N3O2S. The molecule has 0 unspecified atom stereocenters. The monoisotopic (exact) mass is 389 g/mol. The van der Waals surface area contributed by atoms with Crippen molar-refractivity contribution >= 4 is 22.7 Å². The molecule has 0 aliphatic rings. The maximum absolute atomic E-state index is 5.94. The molecule has 0 atom stereocenters. The van der Waals surface area contributed by atoms with Crippen LogP contribution in [-0.4, -0.2) is 24.4 Å². The number of nitrogens with one attached hydrogen (secondary N) is 1. The van der Waals surface area contributed by atoms with Gasteiger partial charge in [-0.25, -0.2) is 4.98 Å². The van der Waals surface area contributed by atoms with Gasteiger partial charge < -0.3 is 9.47 Å². The lowest BCUT2D eigenvalue weighted by Crippen LogP contribution is -2.02. The average molecular weight is 390 g/mol. The van der Waals surface area contributed by atoms with Crippen LogP contribution < -0.4 is 14.9 Å². The summed E-state index contributed by atoms with van der Waals surface area (Å²) < 4.78 is 11.7. The number of anilines is 1. The van der Waals surface area contributed by atoms with Crippen LogP contribution in [0, 0.1) is 0 Å². The van der Waals surface area contributed by atoms with Gasteiger partial charge in [0, 0.05) is 11.6 Å². The predicted molar refractivity (Wildman–Crippen MR) is 114 cm³/mol. The number of aromatic nitrogens is 1. The van der Waals surface area contributed by atoms with Crippen LogP contribution in [0.1, 0.15) is 64.4 Å². The van der Waals surface area contributed by atoms with E-state index >= 15 is 0 Å². The first kappa shape index (κ1) is 21.2. The second-order valence-electron chi connectivity index (χ2n) is 6.32. The molecule has 0 saturated heterocycles. The summed E-state index contributed by atoms with van der Waals surface area (Å²) in [6.45, 7) is 5.56. The van der Waals surface area contributed by atoms with Crippen molar-refractivity contribution in [3.05, 3.63) is 35.3 Å². The predicted octanol–water partition coefficient (Wildman–Crippen LogP) is 6.12. The minimum absolute atomic E-state index is 0.603. The van der Waals surface area contributed by atoms with E-state index in [0.29, 0.717) is 6.61 Å². The first-order chi connectivity index (χ1) is 13.3. The van der Waals surface area contributed by atoms with Gasteiger partial charge in [0.2, 0.25) is 5.13 Å². The van der Waals surface area contributed by atoms with Gasteiger partial charge in [0.25, 0.3) is 0 Å². The van der Waals surface area contributed by atoms with Crippen LogP contribution in [0.15, 0.2) is 34.9 Å². The fraction of sp³-hybridized carbons (Fsp3) is 0.524. The molecule has 0 radical (unpaired) electrons. The van der Waals surface area contributed by atoms with Crippen molar-refractivity contribution in [3.63, 3.8) is 0 Å². The number of benzene rings is 1. The molecule has 0 bridgehead atoms. The SMILES string of the molecule is CCCCCCCCCOc1ccc(/C=N\Nc2nccs2)cc1OCC. The van der Waals surface area contributed by atoms with Crippen molar-refractivity contribution in [1.82, 2.24) is 4.98 Å². The first-order valence-corrected chi connectivity index (χ1v) is 10.8. The number of nitrogens with zero attached hydrogens (tertiary/aromatic N) is 2. The van der Waals surface area contributed by atoms with E-state index in [2.05, 4.69) is 22.4 Å². The van der Waals surface area contributed by atoms with E-state index in [4.69, 9.17) is 9.47 Å². The van der Waals surface area contributed by atoms with Crippen molar-refractivity contribution in [1.29, 1.82) is 0 Å². The molecule has 0 amide bonds. The van der Waals surface area contributed by atoms with Crippen LogP contribution in [0.2, 0.25) is 0 Å². The zero-order chi connectivity index (χ0) is 19.2. The van der Waals surface area contributed by atoms with Gasteiger partial charge in [-0.05, 0) is 37.1 Å². The second kappa shape index (κ2) is 13.1. The summed E-state index contributed by atoms with van der Waals surface area (Å²) in [4.78, 5) is 4.13. The van der Waals surface area contributed by atoms with E-state index in [9.17, 15) is 0 Å². The Morgan fingerprint density at radius 1 is 1.04 bits per heavy atom. The first-order valence-electron chi connectivity index (χ1n) is 9.91.